The first kappa shape index (κ1) is 36.0. The molecule has 0 spiro atoms. The lowest BCUT2D eigenvalue weighted by molar-refractivity contribution is 1.07. The highest BCUT2D eigenvalue weighted by Gasteiger charge is 2.19. The first-order valence-corrected chi connectivity index (χ1v) is 21.7. The van der Waals surface area contributed by atoms with Crippen molar-refractivity contribution in [1.82, 2.24) is 24.1 Å². The van der Waals surface area contributed by atoms with Crippen LogP contribution in [0.4, 0.5) is 0 Å². The molecule has 0 amide bonds. The van der Waals surface area contributed by atoms with Gasteiger partial charge in [0.2, 0.25) is 0 Å². The molecule has 64 heavy (non-hydrogen) atoms. The normalized spacial score (nSPS) is 11.8. The summed E-state index contributed by atoms with van der Waals surface area (Å²) in [6.07, 6.45) is 0. The summed E-state index contributed by atoms with van der Waals surface area (Å²) in [5.74, 6) is 1.89. The molecule has 5 nitrogen and oxygen atoms in total. The number of benzene rings is 10. The molecule has 0 aliphatic heterocycles. The molecule has 13 rings (SSSR count). The van der Waals surface area contributed by atoms with E-state index in [1.165, 1.54) is 54.1 Å². The van der Waals surface area contributed by atoms with Crippen molar-refractivity contribution in [2.75, 3.05) is 0 Å². The van der Waals surface area contributed by atoms with Crippen LogP contribution in [0.25, 0.3) is 122 Å². The number of para-hydroxylation sites is 2. The van der Waals surface area contributed by atoms with Crippen molar-refractivity contribution in [2.45, 2.75) is 0 Å². The van der Waals surface area contributed by atoms with Gasteiger partial charge in [0.1, 0.15) is 0 Å². The van der Waals surface area contributed by atoms with Gasteiger partial charge in [0.25, 0.3) is 0 Å². The monoisotopic (exact) mass is 815 g/mol. The molecule has 0 unspecified atom stereocenters. The summed E-state index contributed by atoms with van der Waals surface area (Å²) in [5, 5.41) is 9.85. The predicted molar refractivity (Wildman–Crippen MR) is 265 cm³/mol. The molecular formula is C59H37N5. The molecule has 13 aromatic rings. The Labute approximate surface area is 368 Å². The van der Waals surface area contributed by atoms with Crippen LogP contribution >= 0.6 is 0 Å². The number of hydrogen-bond donors (Lipinski definition) is 0. The topological polar surface area (TPSA) is 48.5 Å². The summed E-state index contributed by atoms with van der Waals surface area (Å²) in [6, 6.07) is 79.9. The first-order chi connectivity index (χ1) is 31.7. The Morgan fingerprint density at radius 2 is 0.734 bits per heavy atom. The van der Waals surface area contributed by atoms with E-state index >= 15 is 0 Å². The molecule has 10 aromatic carbocycles. The Kier molecular flexibility index (Phi) is 8.15. The van der Waals surface area contributed by atoms with Crippen molar-refractivity contribution in [2.24, 2.45) is 0 Å². The molecule has 0 aliphatic carbocycles. The molecule has 0 atom stereocenters. The van der Waals surface area contributed by atoms with E-state index in [2.05, 4.69) is 215 Å². The van der Waals surface area contributed by atoms with Crippen LogP contribution in [0.1, 0.15) is 0 Å². The predicted octanol–water partition coefficient (Wildman–Crippen LogP) is 15.0. The molecule has 3 heterocycles. The lowest BCUT2D eigenvalue weighted by atomic mass is 10.0. The zero-order valence-corrected chi connectivity index (χ0v) is 34.6. The standard InChI is InChI=1S/C59H37N5/c1-3-14-41(15-4-1)57-60-58(62-59(61-57)45-30-33-50-49-21-11-12-22-53(49)63(54(50)37-45)46-18-5-2-6-19-46)42-25-23-38(24-26-42)39-27-31-47(32-28-39)64-55-36-44-17-8-7-16-43(44)35-52(55)51-34-29-40-13-9-10-20-48(40)56(51)64/h1-37H. The Morgan fingerprint density at radius 1 is 0.250 bits per heavy atom. The molecule has 0 radical (unpaired) electrons. The minimum absolute atomic E-state index is 0.626. The van der Waals surface area contributed by atoms with Crippen molar-refractivity contribution in [3.05, 3.63) is 224 Å². The van der Waals surface area contributed by atoms with E-state index in [0.29, 0.717) is 17.5 Å². The van der Waals surface area contributed by atoms with Crippen LogP contribution in [-0.2, 0) is 0 Å². The van der Waals surface area contributed by atoms with Crippen LogP contribution in [0.5, 0.6) is 0 Å². The van der Waals surface area contributed by atoms with Gasteiger partial charge in [-0.2, -0.15) is 0 Å². The Morgan fingerprint density at radius 3 is 1.47 bits per heavy atom. The molecule has 5 heteroatoms. The number of rotatable bonds is 6. The van der Waals surface area contributed by atoms with E-state index in [4.69, 9.17) is 15.0 Å². The van der Waals surface area contributed by atoms with Gasteiger partial charge in [0.05, 0.1) is 22.1 Å². The second-order valence-corrected chi connectivity index (χ2v) is 16.5. The molecule has 0 saturated heterocycles. The fraction of sp³-hybridized carbons (Fsp3) is 0. The van der Waals surface area contributed by atoms with Crippen LogP contribution in [0.15, 0.2) is 224 Å². The average Bonchev–Trinajstić information content (AvgIpc) is 3.88. The van der Waals surface area contributed by atoms with Gasteiger partial charge in [-0.15, -0.1) is 0 Å². The fourth-order valence-electron chi connectivity index (χ4n) is 9.66. The van der Waals surface area contributed by atoms with Gasteiger partial charge < -0.3 is 9.13 Å². The van der Waals surface area contributed by atoms with Gasteiger partial charge in [-0.05, 0) is 75.8 Å². The minimum Gasteiger partial charge on any atom is -0.309 e. The molecule has 3 aromatic heterocycles. The summed E-state index contributed by atoms with van der Waals surface area (Å²) in [4.78, 5) is 15.3. The van der Waals surface area contributed by atoms with Crippen LogP contribution in [-0.4, -0.2) is 24.1 Å². The first-order valence-electron chi connectivity index (χ1n) is 21.7. The Hall–Kier alpha value is -8.67. The lowest BCUT2D eigenvalue weighted by Crippen LogP contribution is -2.00. The van der Waals surface area contributed by atoms with Gasteiger partial charge >= 0.3 is 0 Å². The SMILES string of the molecule is c1ccc(-c2nc(-c3ccc(-c4ccc(-n5c6cc7ccccc7cc6c6ccc7ccccc7c65)cc4)cc3)nc(-c3ccc4c5ccccc5n(-c5ccccc5)c4c3)n2)cc1. The van der Waals surface area contributed by atoms with Crippen molar-refractivity contribution < 1.29 is 0 Å². The number of fused-ring (bicyclic) bond motifs is 9. The van der Waals surface area contributed by atoms with Gasteiger partial charge in [0, 0.05) is 55.0 Å². The molecule has 0 N–H and O–H groups in total. The molecule has 0 saturated carbocycles. The second-order valence-electron chi connectivity index (χ2n) is 16.5. The Bertz CT molecular complexity index is 3920. The summed E-state index contributed by atoms with van der Waals surface area (Å²) >= 11 is 0. The van der Waals surface area contributed by atoms with E-state index in [1.54, 1.807) is 0 Å². The summed E-state index contributed by atoms with van der Waals surface area (Å²) in [5.41, 5.74) is 12.0. The van der Waals surface area contributed by atoms with Crippen LogP contribution in [0.3, 0.4) is 0 Å². The number of hydrogen-bond acceptors (Lipinski definition) is 3. The summed E-state index contributed by atoms with van der Waals surface area (Å²) < 4.78 is 4.76. The third-order valence-electron chi connectivity index (χ3n) is 12.7. The van der Waals surface area contributed by atoms with Gasteiger partial charge in [-0.3, -0.25) is 0 Å². The molecule has 0 bridgehead atoms. The zero-order valence-electron chi connectivity index (χ0n) is 34.6. The van der Waals surface area contributed by atoms with Gasteiger partial charge in [-0.25, -0.2) is 15.0 Å². The van der Waals surface area contributed by atoms with E-state index in [-0.39, 0.29) is 0 Å². The van der Waals surface area contributed by atoms with E-state index in [0.717, 1.165) is 50.2 Å². The largest absolute Gasteiger partial charge is 0.309 e. The highest BCUT2D eigenvalue weighted by atomic mass is 15.0. The quantitative estimate of drug-likeness (QED) is 0.168. The van der Waals surface area contributed by atoms with Crippen LogP contribution in [0, 0.1) is 0 Å². The third-order valence-corrected chi connectivity index (χ3v) is 12.7. The smallest absolute Gasteiger partial charge is 0.164 e. The van der Waals surface area contributed by atoms with Crippen LogP contribution in [0.2, 0.25) is 0 Å². The van der Waals surface area contributed by atoms with Crippen molar-refractivity contribution in [3.63, 3.8) is 0 Å². The lowest BCUT2D eigenvalue weighted by Gasteiger charge is -2.12. The third kappa shape index (κ3) is 5.83. The van der Waals surface area contributed by atoms with Crippen molar-refractivity contribution >= 4 is 65.2 Å². The maximum absolute atomic E-state index is 5.16. The van der Waals surface area contributed by atoms with Crippen LogP contribution < -0.4 is 0 Å². The maximum Gasteiger partial charge on any atom is 0.164 e. The second kappa shape index (κ2) is 14.5. The maximum atomic E-state index is 5.16. The van der Waals surface area contributed by atoms with Crippen molar-refractivity contribution in [1.29, 1.82) is 0 Å². The Balaban J connectivity index is 0.896. The highest BCUT2D eigenvalue weighted by Crippen LogP contribution is 2.40. The highest BCUT2D eigenvalue weighted by molar-refractivity contribution is 6.20. The number of nitrogens with zero attached hydrogens (tertiary/aromatic N) is 5. The zero-order chi connectivity index (χ0) is 42.1. The van der Waals surface area contributed by atoms with E-state index in [9.17, 15) is 0 Å². The average molecular weight is 816 g/mol. The number of aromatic nitrogens is 5. The van der Waals surface area contributed by atoms with Crippen molar-refractivity contribution in [3.8, 4) is 56.7 Å². The molecular weight excluding hydrogens is 779 g/mol. The van der Waals surface area contributed by atoms with E-state index in [1.807, 2.05) is 18.2 Å². The minimum atomic E-state index is 0.626. The summed E-state index contributed by atoms with van der Waals surface area (Å²) in [6.45, 7) is 0. The summed E-state index contributed by atoms with van der Waals surface area (Å²) in [7, 11) is 0. The molecule has 0 fully saturated rings. The molecule has 298 valence electrons. The fourth-order valence-corrected chi connectivity index (χ4v) is 9.66. The van der Waals surface area contributed by atoms with E-state index < -0.39 is 0 Å². The molecule has 0 aliphatic rings. The van der Waals surface area contributed by atoms with Gasteiger partial charge in [-0.1, -0.05) is 176 Å². The van der Waals surface area contributed by atoms with Gasteiger partial charge in [0.15, 0.2) is 17.5 Å².